The number of halogens is 2. The van der Waals surface area contributed by atoms with Gasteiger partial charge >= 0.3 is 0 Å². The highest BCUT2D eigenvalue weighted by Crippen LogP contribution is 2.22. The lowest BCUT2D eigenvalue weighted by atomic mass is 10.1. The van der Waals surface area contributed by atoms with Crippen LogP contribution in [0.3, 0.4) is 0 Å². The Kier molecular flexibility index (Phi) is 4.69. The van der Waals surface area contributed by atoms with Crippen molar-refractivity contribution in [2.75, 3.05) is 25.6 Å². The lowest BCUT2D eigenvalue weighted by Gasteiger charge is -2.32. The van der Waals surface area contributed by atoms with E-state index in [1.165, 1.54) is 6.07 Å². The molecule has 6 heteroatoms. The molecule has 98 valence electrons. The third kappa shape index (κ3) is 3.07. The molecule has 1 aliphatic heterocycles. The zero-order valence-electron chi connectivity index (χ0n) is 9.60. The smallest absolute Gasteiger partial charge is 0.254 e. The van der Waals surface area contributed by atoms with Crippen LogP contribution >= 0.6 is 34.2 Å². The molecule has 0 saturated carbocycles. The van der Waals surface area contributed by atoms with Crippen molar-refractivity contribution in [3.63, 3.8) is 0 Å². The molecule has 1 amide bonds. The van der Waals surface area contributed by atoms with Crippen molar-refractivity contribution in [3.8, 4) is 5.75 Å². The van der Waals surface area contributed by atoms with E-state index in [2.05, 4.69) is 0 Å². The summed E-state index contributed by atoms with van der Waals surface area (Å²) in [5, 5.41) is 9.62. The Labute approximate surface area is 124 Å². The van der Waals surface area contributed by atoms with Crippen LogP contribution in [0.1, 0.15) is 10.4 Å². The summed E-state index contributed by atoms with van der Waals surface area (Å²) < 4.78 is 6.14. The van der Waals surface area contributed by atoms with Crippen molar-refractivity contribution in [2.24, 2.45) is 0 Å². The van der Waals surface area contributed by atoms with Gasteiger partial charge in [-0.3, -0.25) is 4.79 Å². The van der Waals surface area contributed by atoms with E-state index in [0.717, 1.165) is 3.57 Å². The first-order valence-corrected chi connectivity index (χ1v) is 7.18. The average molecular weight is 382 g/mol. The number of phenols is 1. The number of morpholine rings is 1. The Hall–Kier alpha value is -0.530. The zero-order valence-corrected chi connectivity index (χ0v) is 12.5. The molecule has 0 aromatic heterocycles. The number of amides is 1. The van der Waals surface area contributed by atoms with Crippen molar-refractivity contribution < 1.29 is 14.6 Å². The number of nitrogens with zero attached hydrogens (tertiary/aromatic N) is 1. The number of hydrogen-bond acceptors (Lipinski definition) is 3. The van der Waals surface area contributed by atoms with Gasteiger partial charge < -0.3 is 14.7 Å². The third-order valence-electron chi connectivity index (χ3n) is 2.79. The first kappa shape index (κ1) is 13.9. The van der Waals surface area contributed by atoms with Gasteiger partial charge in [0.05, 0.1) is 22.2 Å². The van der Waals surface area contributed by atoms with E-state index in [1.807, 2.05) is 22.6 Å². The number of carbonyl (C=O) groups excluding carboxylic acids is 1. The van der Waals surface area contributed by atoms with Gasteiger partial charge in [0, 0.05) is 18.7 Å². The molecule has 1 saturated heterocycles. The van der Waals surface area contributed by atoms with Crippen LogP contribution in [-0.2, 0) is 4.74 Å². The average Bonchev–Trinajstić information content (AvgIpc) is 2.41. The summed E-state index contributed by atoms with van der Waals surface area (Å²) in [4.78, 5) is 13.9. The molecule has 0 aliphatic carbocycles. The third-order valence-corrected chi connectivity index (χ3v) is 4.05. The number of alkyl halides is 1. The second kappa shape index (κ2) is 6.08. The Balaban J connectivity index is 2.12. The number of benzene rings is 1. The van der Waals surface area contributed by atoms with E-state index in [0.29, 0.717) is 31.1 Å². The van der Waals surface area contributed by atoms with Crippen LogP contribution in [0.15, 0.2) is 18.2 Å². The zero-order chi connectivity index (χ0) is 13.1. The minimum Gasteiger partial charge on any atom is -0.507 e. The molecule has 1 heterocycles. The lowest BCUT2D eigenvalue weighted by molar-refractivity contribution is -0.0108. The van der Waals surface area contributed by atoms with Crippen molar-refractivity contribution >= 4 is 40.1 Å². The molecular formula is C12H13ClINO3. The molecule has 1 unspecified atom stereocenters. The second-order valence-electron chi connectivity index (χ2n) is 4.06. The highest BCUT2D eigenvalue weighted by molar-refractivity contribution is 14.1. The highest BCUT2D eigenvalue weighted by atomic mass is 127. The summed E-state index contributed by atoms with van der Waals surface area (Å²) in [6.07, 6.45) is -0.109. The van der Waals surface area contributed by atoms with Crippen molar-refractivity contribution in [1.29, 1.82) is 0 Å². The predicted molar refractivity (Wildman–Crippen MR) is 77.2 cm³/mol. The predicted octanol–water partition coefficient (Wildman–Crippen LogP) is 2.08. The van der Waals surface area contributed by atoms with Crippen molar-refractivity contribution in [2.45, 2.75) is 6.10 Å². The topological polar surface area (TPSA) is 49.8 Å². The molecule has 2 rings (SSSR count). The Morgan fingerprint density at radius 3 is 3.06 bits per heavy atom. The number of aromatic hydroxyl groups is 1. The van der Waals surface area contributed by atoms with Crippen LogP contribution in [0, 0.1) is 3.57 Å². The number of rotatable bonds is 2. The summed E-state index contributed by atoms with van der Waals surface area (Å²) in [6.45, 7) is 1.55. The number of carbonyl (C=O) groups is 1. The van der Waals surface area contributed by atoms with E-state index in [9.17, 15) is 9.90 Å². The molecule has 1 aromatic rings. The molecule has 1 fully saturated rings. The molecule has 1 aromatic carbocycles. The minimum absolute atomic E-state index is 0.0971. The van der Waals surface area contributed by atoms with Gasteiger partial charge in [0.2, 0.25) is 0 Å². The Bertz CT molecular complexity index is 455. The maximum absolute atomic E-state index is 12.2. The molecule has 1 atom stereocenters. The summed E-state index contributed by atoms with van der Waals surface area (Å²) in [5.74, 6) is 0.408. The molecule has 0 spiro atoms. The van der Waals surface area contributed by atoms with E-state index in [1.54, 1.807) is 17.0 Å². The SMILES string of the molecule is O=C(c1ccc(I)c(O)c1)N1CCOC(CCl)C1. The highest BCUT2D eigenvalue weighted by Gasteiger charge is 2.24. The molecule has 0 radical (unpaired) electrons. The molecule has 0 bridgehead atoms. The van der Waals surface area contributed by atoms with E-state index < -0.39 is 0 Å². The molecule has 1 N–H and O–H groups in total. The van der Waals surface area contributed by atoms with Crippen LogP contribution in [0.25, 0.3) is 0 Å². The van der Waals surface area contributed by atoms with Crippen molar-refractivity contribution in [1.82, 2.24) is 4.90 Å². The van der Waals surface area contributed by atoms with Crippen LogP contribution in [0.4, 0.5) is 0 Å². The second-order valence-corrected chi connectivity index (χ2v) is 5.54. The van der Waals surface area contributed by atoms with Crippen LogP contribution in [0.5, 0.6) is 5.75 Å². The van der Waals surface area contributed by atoms with E-state index in [-0.39, 0.29) is 17.8 Å². The summed E-state index contributed by atoms with van der Waals surface area (Å²) in [7, 11) is 0. The quantitative estimate of drug-likeness (QED) is 0.630. The fourth-order valence-electron chi connectivity index (χ4n) is 1.83. The Morgan fingerprint density at radius 2 is 2.39 bits per heavy atom. The van der Waals surface area contributed by atoms with Crippen LogP contribution in [-0.4, -0.2) is 47.6 Å². The number of phenolic OH excluding ortho intramolecular Hbond substituents is 1. The summed E-state index contributed by atoms with van der Waals surface area (Å²) in [6, 6.07) is 4.94. The fraction of sp³-hybridized carbons (Fsp3) is 0.417. The van der Waals surface area contributed by atoms with Crippen LogP contribution < -0.4 is 0 Å². The largest absolute Gasteiger partial charge is 0.507 e. The van der Waals surface area contributed by atoms with Gasteiger partial charge in [-0.15, -0.1) is 11.6 Å². The van der Waals surface area contributed by atoms with Gasteiger partial charge in [0.25, 0.3) is 5.91 Å². The Morgan fingerprint density at radius 1 is 1.61 bits per heavy atom. The normalized spacial score (nSPS) is 19.9. The van der Waals surface area contributed by atoms with Gasteiger partial charge in [0.15, 0.2) is 0 Å². The van der Waals surface area contributed by atoms with Crippen molar-refractivity contribution in [3.05, 3.63) is 27.3 Å². The first-order valence-electron chi connectivity index (χ1n) is 5.57. The van der Waals surface area contributed by atoms with Gasteiger partial charge in [-0.05, 0) is 40.8 Å². The van der Waals surface area contributed by atoms with Crippen LogP contribution in [0.2, 0.25) is 0 Å². The maximum Gasteiger partial charge on any atom is 0.254 e. The van der Waals surface area contributed by atoms with E-state index in [4.69, 9.17) is 16.3 Å². The van der Waals surface area contributed by atoms with Gasteiger partial charge in [-0.2, -0.15) is 0 Å². The van der Waals surface area contributed by atoms with Gasteiger partial charge in [-0.25, -0.2) is 0 Å². The molecular weight excluding hydrogens is 368 g/mol. The monoisotopic (exact) mass is 381 g/mol. The summed E-state index contributed by atoms with van der Waals surface area (Å²) >= 11 is 7.75. The molecule has 1 aliphatic rings. The first-order chi connectivity index (χ1) is 8.61. The van der Waals surface area contributed by atoms with E-state index >= 15 is 0 Å². The summed E-state index contributed by atoms with van der Waals surface area (Å²) in [5.41, 5.74) is 0.489. The maximum atomic E-state index is 12.2. The minimum atomic E-state index is -0.109. The fourth-order valence-corrected chi connectivity index (χ4v) is 2.35. The lowest BCUT2D eigenvalue weighted by Crippen LogP contribution is -2.46. The van der Waals surface area contributed by atoms with Gasteiger partial charge in [0.1, 0.15) is 5.75 Å². The molecule has 18 heavy (non-hydrogen) atoms. The van der Waals surface area contributed by atoms with Gasteiger partial charge in [-0.1, -0.05) is 0 Å². The number of ether oxygens (including phenoxy) is 1. The molecule has 4 nitrogen and oxygen atoms in total. The number of hydrogen-bond donors (Lipinski definition) is 1. The standard InChI is InChI=1S/C12H13ClINO3/c13-6-9-7-15(3-4-18-9)12(17)8-1-2-10(14)11(16)5-8/h1-2,5,9,16H,3-4,6-7H2.